The van der Waals surface area contributed by atoms with Crippen LogP contribution in [0.4, 0.5) is 0 Å². The van der Waals surface area contributed by atoms with Crippen LogP contribution in [0.2, 0.25) is 0 Å². The summed E-state index contributed by atoms with van der Waals surface area (Å²) >= 11 is 0. The first-order valence-electron chi connectivity index (χ1n) is 11.8. The quantitative estimate of drug-likeness (QED) is 0.239. The summed E-state index contributed by atoms with van der Waals surface area (Å²) in [4.78, 5) is 30.5. The molecule has 0 amide bonds. The first-order chi connectivity index (χ1) is 18.0. The summed E-state index contributed by atoms with van der Waals surface area (Å²) in [6.45, 7) is 1.77. The number of para-hydroxylation sites is 3. The summed E-state index contributed by atoms with van der Waals surface area (Å²) < 4.78 is 14.1. The minimum Gasteiger partial charge on any atom is -0.467 e. The molecular formula is C29H22N4O4. The number of hydrogen-bond acceptors (Lipinski definition) is 6. The van der Waals surface area contributed by atoms with Crippen molar-refractivity contribution in [1.29, 1.82) is 0 Å². The fourth-order valence-corrected chi connectivity index (χ4v) is 4.54. The van der Waals surface area contributed by atoms with Crippen LogP contribution in [0.1, 0.15) is 18.5 Å². The van der Waals surface area contributed by atoms with Crippen molar-refractivity contribution in [2.45, 2.75) is 13.0 Å². The molecule has 0 aliphatic heterocycles. The SMILES string of the molecule is COC(=O)[C@H](C)n1cc(C=Nn2c(-c3cc4ccccc4o3)nc3ccccc3c2=O)c2ccccc21. The van der Waals surface area contributed by atoms with Crippen molar-refractivity contribution >= 4 is 45.0 Å². The maximum Gasteiger partial charge on any atom is 0.328 e. The average Bonchev–Trinajstić information content (AvgIpc) is 3.53. The summed E-state index contributed by atoms with van der Waals surface area (Å²) in [5.74, 6) is 0.372. The Morgan fingerprint density at radius 2 is 1.76 bits per heavy atom. The molecule has 0 fully saturated rings. The Morgan fingerprint density at radius 3 is 2.57 bits per heavy atom. The Hall–Kier alpha value is -4.98. The van der Waals surface area contributed by atoms with Gasteiger partial charge in [0.05, 0.1) is 24.2 Å². The van der Waals surface area contributed by atoms with E-state index in [-0.39, 0.29) is 11.5 Å². The average molecular weight is 491 g/mol. The Kier molecular flexibility index (Phi) is 5.41. The molecule has 6 rings (SSSR count). The van der Waals surface area contributed by atoms with Crippen molar-refractivity contribution < 1.29 is 13.9 Å². The molecule has 182 valence electrons. The molecular weight excluding hydrogens is 468 g/mol. The van der Waals surface area contributed by atoms with E-state index in [0.29, 0.717) is 28.1 Å². The van der Waals surface area contributed by atoms with Crippen molar-refractivity contribution in [2.24, 2.45) is 5.10 Å². The number of hydrogen-bond donors (Lipinski definition) is 0. The van der Waals surface area contributed by atoms with E-state index in [1.165, 1.54) is 11.8 Å². The molecule has 0 radical (unpaired) electrons. The van der Waals surface area contributed by atoms with E-state index in [1.54, 1.807) is 31.3 Å². The van der Waals surface area contributed by atoms with Gasteiger partial charge in [0.25, 0.3) is 5.56 Å². The molecule has 3 aromatic carbocycles. The third-order valence-electron chi connectivity index (χ3n) is 6.44. The van der Waals surface area contributed by atoms with Crippen LogP contribution in [0.5, 0.6) is 0 Å². The van der Waals surface area contributed by atoms with E-state index in [9.17, 15) is 9.59 Å². The van der Waals surface area contributed by atoms with Gasteiger partial charge in [0.1, 0.15) is 11.6 Å². The molecule has 0 aliphatic rings. The second kappa shape index (κ2) is 8.91. The number of furan rings is 1. The fourth-order valence-electron chi connectivity index (χ4n) is 4.54. The summed E-state index contributed by atoms with van der Waals surface area (Å²) in [5.41, 5.74) is 2.52. The summed E-state index contributed by atoms with van der Waals surface area (Å²) in [6, 6.07) is 23.8. The number of aromatic nitrogens is 3. The Labute approximate surface area is 211 Å². The lowest BCUT2D eigenvalue weighted by atomic mass is 10.2. The lowest BCUT2D eigenvalue weighted by Crippen LogP contribution is -2.20. The fraction of sp³-hybridized carbons (Fsp3) is 0.103. The van der Waals surface area contributed by atoms with Crippen LogP contribution in [-0.4, -0.2) is 33.5 Å². The summed E-state index contributed by atoms with van der Waals surface area (Å²) in [6.07, 6.45) is 3.43. The number of carbonyl (C=O) groups is 1. The second-order valence-corrected chi connectivity index (χ2v) is 8.67. The molecule has 0 unspecified atom stereocenters. The first kappa shape index (κ1) is 22.5. The molecule has 0 aliphatic carbocycles. The van der Waals surface area contributed by atoms with Crippen LogP contribution in [0.25, 0.3) is 44.4 Å². The molecule has 3 heterocycles. The molecule has 37 heavy (non-hydrogen) atoms. The van der Waals surface area contributed by atoms with Gasteiger partial charge in [-0.2, -0.15) is 9.78 Å². The van der Waals surface area contributed by atoms with Gasteiger partial charge in [-0.1, -0.05) is 48.5 Å². The Morgan fingerprint density at radius 1 is 1.03 bits per heavy atom. The molecule has 0 spiro atoms. The number of methoxy groups -OCH3 is 1. The van der Waals surface area contributed by atoms with E-state index >= 15 is 0 Å². The number of fused-ring (bicyclic) bond motifs is 3. The zero-order chi connectivity index (χ0) is 25.5. The molecule has 8 nitrogen and oxygen atoms in total. The van der Waals surface area contributed by atoms with Crippen molar-refractivity contribution in [1.82, 2.24) is 14.2 Å². The Balaban J connectivity index is 1.54. The third-order valence-corrected chi connectivity index (χ3v) is 6.44. The van der Waals surface area contributed by atoms with E-state index < -0.39 is 6.04 Å². The molecule has 6 aromatic rings. The molecule has 1 atom stereocenters. The number of carbonyl (C=O) groups excluding carboxylic acids is 1. The molecule has 0 saturated carbocycles. The highest BCUT2D eigenvalue weighted by atomic mass is 16.5. The van der Waals surface area contributed by atoms with Gasteiger partial charge in [0, 0.05) is 28.0 Å². The minimum atomic E-state index is -0.534. The van der Waals surface area contributed by atoms with E-state index in [2.05, 4.69) is 5.10 Å². The smallest absolute Gasteiger partial charge is 0.328 e. The van der Waals surface area contributed by atoms with Crippen LogP contribution in [0.15, 0.2) is 99.4 Å². The number of nitrogens with zero attached hydrogens (tertiary/aromatic N) is 4. The van der Waals surface area contributed by atoms with Crippen molar-refractivity contribution in [3.05, 3.63) is 101 Å². The zero-order valence-electron chi connectivity index (χ0n) is 20.2. The first-order valence-corrected chi connectivity index (χ1v) is 11.8. The zero-order valence-corrected chi connectivity index (χ0v) is 20.2. The second-order valence-electron chi connectivity index (χ2n) is 8.67. The topological polar surface area (TPSA) is 91.6 Å². The number of rotatable bonds is 5. The number of ether oxygens (including phenoxy) is 1. The molecule has 0 N–H and O–H groups in total. The van der Waals surface area contributed by atoms with Crippen LogP contribution < -0.4 is 5.56 Å². The highest BCUT2D eigenvalue weighted by molar-refractivity contribution is 6.00. The third kappa shape index (κ3) is 3.79. The normalized spacial score (nSPS) is 12.6. The van der Waals surface area contributed by atoms with Gasteiger partial charge < -0.3 is 13.7 Å². The van der Waals surface area contributed by atoms with Crippen molar-refractivity contribution in [2.75, 3.05) is 7.11 Å². The number of esters is 1. The standard InChI is InChI=1S/C29H22N4O4/c1-18(29(35)36-2)32-17-20(21-10-5-7-13-24(21)32)16-30-33-27(26-15-19-9-3-8-14-25(19)37-26)31-23-12-6-4-11-22(23)28(33)34/h3-18H,1-2H3/t18-/m0/s1. The minimum absolute atomic E-state index is 0.294. The number of benzene rings is 3. The summed E-state index contributed by atoms with van der Waals surface area (Å²) in [7, 11) is 1.37. The predicted octanol–water partition coefficient (Wildman–Crippen LogP) is 5.38. The van der Waals surface area contributed by atoms with Crippen molar-refractivity contribution in [3.8, 4) is 11.6 Å². The van der Waals surface area contributed by atoms with Gasteiger partial charge in [-0.05, 0) is 37.3 Å². The Bertz CT molecular complexity index is 1860. The van der Waals surface area contributed by atoms with Gasteiger partial charge >= 0.3 is 5.97 Å². The van der Waals surface area contributed by atoms with Crippen LogP contribution in [-0.2, 0) is 9.53 Å². The highest BCUT2D eigenvalue weighted by Crippen LogP contribution is 2.28. The van der Waals surface area contributed by atoms with E-state index in [4.69, 9.17) is 14.1 Å². The van der Waals surface area contributed by atoms with E-state index in [1.807, 2.05) is 71.4 Å². The monoisotopic (exact) mass is 490 g/mol. The van der Waals surface area contributed by atoms with Gasteiger partial charge in [-0.3, -0.25) is 4.79 Å². The highest BCUT2D eigenvalue weighted by Gasteiger charge is 2.20. The molecule has 0 saturated heterocycles. The van der Waals surface area contributed by atoms with Crippen LogP contribution >= 0.6 is 0 Å². The maximum absolute atomic E-state index is 13.6. The lowest BCUT2D eigenvalue weighted by Gasteiger charge is -2.12. The van der Waals surface area contributed by atoms with Gasteiger partial charge in [0.15, 0.2) is 5.76 Å². The van der Waals surface area contributed by atoms with Gasteiger partial charge in [-0.25, -0.2) is 9.78 Å². The van der Waals surface area contributed by atoms with Crippen LogP contribution in [0.3, 0.4) is 0 Å². The summed E-state index contributed by atoms with van der Waals surface area (Å²) in [5, 5.41) is 6.82. The molecule has 3 aromatic heterocycles. The maximum atomic E-state index is 13.6. The lowest BCUT2D eigenvalue weighted by molar-refractivity contribution is -0.143. The predicted molar refractivity (Wildman–Crippen MR) is 143 cm³/mol. The van der Waals surface area contributed by atoms with Crippen LogP contribution in [0, 0.1) is 0 Å². The molecule has 8 heteroatoms. The van der Waals surface area contributed by atoms with Gasteiger partial charge in [0.2, 0.25) is 5.82 Å². The van der Waals surface area contributed by atoms with Gasteiger partial charge in [-0.15, -0.1) is 0 Å². The van der Waals surface area contributed by atoms with E-state index in [0.717, 1.165) is 21.9 Å². The molecule has 0 bridgehead atoms. The largest absolute Gasteiger partial charge is 0.467 e. The van der Waals surface area contributed by atoms with Crippen molar-refractivity contribution in [3.63, 3.8) is 0 Å².